The van der Waals surface area contributed by atoms with Crippen LogP contribution in [0, 0.1) is 25.5 Å². The molecule has 0 saturated heterocycles. The van der Waals surface area contributed by atoms with Crippen molar-refractivity contribution in [3.63, 3.8) is 0 Å². The highest BCUT2D eigenvalue weighted by Gasteiger charge is 2.20. The van der Waals surface area contributed by atoms with E-state index in [9.17, 15) is 8.78 Å². The number of benzene rings is 2. The highest BCUT2D eigenvalue weighted by molar-refractivity contribution is 7.19. The second-order valence-corrected chi connectivity index (χ2v) is 8.30. The summed E-state index contributed by atoms with van der Waals surface area (Å²) in [6, 6.07) is 7.69. The summed E-state index contributed by atoms with van der Waals surface area (Å²) in [7, 11) is 0. The first-order chi connectivity index (χ1) is 11.0. The number of fused-ring (bicyclic) bond motifs is 5. The first-order valence-electron chi connectivity index (χ1n) is 7.16. The Bertz CT molecular complexity index is 1160. The molecular weight excluding hydrogens is 334 g/mol. The summed E-state index contributed by atoms with van der Waals surface area (Å²) < 4.78 is 36.3. The third-order valence-corrected chi connectivity index (χ3v) is 6.27. The van der Waals surface area contributed by atoms with Gasteiger partial charge in [0.05, 0.1) is 9.40 Å². The molecule has 0 spiro atoms. The van der Waals surface area contributed by atoms with Gasteiger partial charge in [-0.1, -0.05) is 0 Å². The van der Waals surface area contributed by atoms with Gasteiger partial charge in [-0.2, -0.15) is 0 Å². The third kappa shape index (κ3) is 1.69. The lowest BCUT2D eigenvalue weighted by atomic mass is 10.1. The number of thiophene rings is 2. The Balaban J connectivity index is 2.05. The van der Waals surface area contributed by atoms with E-state index >= 15 is 0 Å². The molecule has 0 unspecified atom stereocenters. The molecule has 0 amide bonds. The molecule has 5 heteroatoms. The topological polar surface area (TPSA) is 13.1 Å². The highest BCUT2D eigenvalue weighted by atomic mass is 32.1. The summed E-state index contributed by atoms with van der Waals surface area (Å²) in [5.74, 6) is -0.795. The van der Waals surface area contributed by atoms with Gasteiger partial charge in [0, 0.05) is 20.5 Å². The lowest BCUT2D eigenvalue weighted by molar-refractivity contribution is 0.567. The van der Waals surface area contributed by atoms with Crippen LogP contribution in [0.2, 0.25) is 0 Å². The molecule has 5 rings (SSSR count). The van der Waals surface area contributed by atoms with E-state index in [0.717, 1.165) is 20.5 Å². The summed E-state index contributed by atoms with van der Waals surface area (Å²) in [6.07, 6.45) is 0. The average molecular weight is 344 g/mol. The maximum atomic E-state index is 14.8. The minimum atomic E-state index is -0.397. The largest absolute Gasteiger partial charge is 0.450 e. The molecule has 0 atom stereocenters. The fourth-order valence-corrected chi connectivity index (χ4v) is 5.06. The molecule has 3 heterocycles. The zero-order valence-electron chi connectivity index (χ0n) is 12.3. The number of hydrogen-bond donors (Lipinski definition) is 0. The van der Waals surface area contributed by atoms with Gasteiger partial charge in [-0.05, 0) is 48.9 Å². The van der Waals surface area contributed by atoms with Crippen LogP contribution in [0.4, 0.5) is 8.78 Å². The summed E-state index contributed by atoms with van der Waals surface area (Å²) in [6.45, 7) is 3.89. The number of halogens is 2. The summed E-state index contributed by atoms with van der Waals surface area (Å²) in [4.78, 5) is 2.08. The number of hydrogen-bond acceptors (Lipinski definition) is 3. The van der Waals surface area contributed by atoms with Crippen molar-refractivity contribution in [2.45, 2.75) is 13.8 Å². The predicted octanol–water partition coefficient (Wildman–Crippen LogP) is 6.91. The lowest BCUT2D eigenvalue weighted by Gasteiger charge is -1.95. The Kier molecular flexibility index (Phi) is 2.52. The van der Waals surface area contributed by atoms with Crippen molar-refractivity contribution in [2.75, 3.05) is 0 Å². The Morgan fingerprint density at radius 1 is 0.739 bits per heavy atom. The molecule has 0 aliphatic carbocycles. The van der Waals surface area contributed by atoms with Crippen molar-refractivity contribution in [2.24, 2.45) is 0 Å². The van der Waals surface area contributed by atoms with Gasteiger partial charge >= 0.3 is 0 Å². The van der Waals surface area contributed by atoms with E-state index in [-0.39, 0.29) is 11.2 Å². The quantitative estimate of drug-likeness (QED) is 0.297. The van der Waals surface area contributed by atoms with Gasteiger partial charge in [-0.15, -0.1) is 22.7 Å². The van der Waals surface area contributed by atoms with Gasteiger partial charge < -0.3 is 4.42 Å². The van der Waals surface area contributed by atoms with Crippen LogP contribution in [0.15, 0.2) is 28.7 Å². The minimum Gasteiger partial charge on any atom is -0.450 e. The van der Waals surface area contributed by atoms with E-state index < -0.39 is 11.6 Å². The molecule has 23 heavy (non-hydrogen) atoms. The van der Waals surface area contributed by atoms with Crippen LogP contribution in [0.3, 0.4) is 0 Å². The number of rotatable bonds is 0. The molecule has 114 valence electrons. The standard InChI is InChI=1S/C18H10F2OS2/c1-7-3-9-5-11-12-6-10-4-8(2)23-18(10)14(20)16(12)21-15(11)13(19)17(9)22-7/h3-6H,1-2H3. The van der Waals surface area contributed by atoms with E-state index in [1.165, 1.54) is 22.7 Å². The van der Waals surface area contributed by atoms with Crippen molar-refractivity contribution in [3.05, 3.63) is 45.7 Å². The molecule has 1 nitrogen and oxygen atoms in total. The highest BCUT2D eigenvalue weighted by Crippen LogP contribution is 2.41. The van der Waals surface area contributed by atoms with Gasteiger partial charge in [0.15, 0.2) is 22.8 Å². The first-order valence-corrected chi connectivity index (χ1v) is 8.80. The van der Waals surface area contributed by atoms with Crippen LogP contribution in [-0.4, -0.2) is 0 Å². The lowest BCUT2D eigenvalue weighted by Crippen LogP contribution is -1.76. The fraction of sp³-hybridized carbons (Fsp3) is 0.111. The molecular formula is C18H10F2OS2. The smallest absolute Gasteiger partial charge is 0.184 e. The third-order valence-electron chi connectivity index (χ3n) is 4.15. The number of aryl methyl sites for hydroxylation is 2. The fourth-order valence-electron chi connectivity index (χ4n) is 3.21. The van der Waals surface area contributed by atoms with Crippen molar-refractivity contribution < 1.29 is 13.2 Å². The SMILES string of the molecule is Cc1cc2cc3c(oc4c(F)c5sc(C)cc5cc43)c(F)c2s1. The predicted molar refractivity (Wildman–Crippen MR) is 93.9 cm³/mol. The summed E-state index contributed by atoms with van der Waals surface area (Å²) in [5.41, 5.74) is 0.283. The van der Waals surface area contributed by atoms with Crippen LogP contribution in [0.1, 0.15) is 9.75 Å². The molecule has 3 aromatic heterocycles. The van der Waals surface area contributed by atoms with Crippen LogP contribution >= 0.6 is 22.7 Å². The monoisotopic (exact) mass is 344 g/mol. The van der Waals surface area contributed by atoms with E-state index in [1.807, 2.05) is 38.1 Å². The van der Waals surface area contributed by atoms with Crippen LogP contribution in [0.25, 0.3) is 42.1 Å². The van der Waals surface area contributed by atoms with Crippen molar-refractivity contribution in [3.8, 4) is 0 Å². The number of furan rings is 1. The second-order valence-electron chi connectivity index (χ2n) is 5.79. The maximum Gasteiger partial charge on any atom is 0.184 e. The van der Waals surface area contributed by atoms with Crippen molar-refractivity contribution >= 4 is 64.8 Å². The van der Waals surface area contributed by atoms with Crippen molar-refractivity contribution in [1.29, 1.82) is 0 Å². The minimum absolute atomic E-state index is 0.141. The zero-order valence-corrected chi connectivity index (χ0v) is 13.9. The van der Waals surface area contributed by atoms with Gasteiger partial charge in [-0.3, -0.25) is 0 Å². The molecule has 0 fully saturated rings. The molecule has 0 aliphatic rings. The Hall–Kier alpha value is -1.98. The Morgan fingerprint density at radius 2 is 1.17 bits per heavy atom. The second kappa shape index (κ2) is 4.30. The summed E-state index contributed by atoms with van der Waals surface area (Å²) in [5, 5.41) is 2.93. The maximum absolute atomic E-state index is 14.8. The molecule has 0 radical (unpaired) electrons. The Morgan fingerprint density at radius 3 is 1.61 bits per heavy atom. The van der Waals surface area contributed by atoms with E-state index in [4.69, 9.17) is 4.42 Å². The van der Waals surface area contributed by atoms with Crippen LogP contribution < -0.4 is 0 Å². The van der Waals surface area contributed by atoms with Gasteiger partial charge in [0.2, 0.25) is 0 Å². The first kappa shape index (κ1) is 13.5. The van der Waals surface area contributed by atoms with Gasteiger partial charge in [-0.25, -0.2) is 8.78 Å². The summed E-state index contributed by atoms with van der Waals surface area (Å²) >= 11 is 2.78. The van der Waals surface area contributed by atoms with Crippen LogP contribution in [0.5, 0.6) is 0 Å². The van der Waals surface area contributed by atoms with E-state index in [1.54, 1.807) is 0 Å². The molecule has 0 bridgehead atoms. The van der Waals surface area contributed by atoms with Gasteiger partial charge in [0.1, 0.15) is 0 Å². The average Bonchev–Trinajstić information content (AvgIpc) is 3.15. The molecule has 5 aromatic rings. The van der Waals surface area contributed by atoms with Gasteiger partial charge in [0.25, 0.3) is 0 Å². The normalized spacial score (nSPS) is 12.3. The van der Waals surface area contributed by atoms with E-state index in [2.05, 4.69) is 0 Å². The molecule has 0 N–H and O–H groups in total. The van der Waals surface area contributed by atoms with E-state index in [0.29, 0.717) is 20.2 Å². The molecule has 0 saturated carbocycles. The molecule has 2 aromatic carbocycles. The van der Waals surface area contributed by atoms with Crippen LogP contribution in [-0.2, 0) is 0 Å². The Labute approximate surface area is 137 Å². The zero-order chi connectivity index (χ0) is 15.9. The molecule has 0 aliphatic heterocycles. The van der Waals surface area contributed by atoms with Crippen molar-refractivity contribution in [1.82, 2.24) is 0 Å².